The molecule has 0 aliphatic carbocycles. The van der Waals surface area contributed by atoms with Gasteiger partial charge in [-0.05, 0) is 42.4 Å². The molecule has 1 aliphatic rings. The third-order valence-electron chi connectivity index (χ3n) is 4.11. The molecule has 0 aromatic heterocycles. The van der Waals surface area contributed by atoms with Crippen LogP contribution >= 0.6 is 0 Å². The quantitative estimate of drug-likeness (QED) is 0.379. The van der Waals surface area contributed by atoms with Crippen molar-refractivity contribution in [2.24, 2.45) is 22.2 Å². The van der Waals surface area contributed by atoms with E-state index in [0.717, 1.165) is 6.42 Å². The molecule has 3 nitrogen and oxygen atoms in total. The van der Waals surface area contributed by atoms with Crippen LogP contribution in [-0.4, -0.2) is 11.9 Å². The second kappa shape index (κ2) is 6.78. The Morgan fingerprint density at radius 3 is 2.09 bits per heavy atom. The molecule has 0 aromatic rings. The van der Waals surface area contributed by atoms with Crippen molar-refractivity contribution >= 4 is 11.9 Å². The van der Waals surface area contributed by atoms with E-state index < -0.39 is 5.97 Å². The van der Waals surface area contributed by atoms with Gasteiger partial charge in [-0.25, -0.2) is 0 Å². The molecule has 0 aromatic carbocycles. The second-order valence-corrected chi connectivity index (χ2v) is 9.96. The maximum Gasteiger partial charge on any atom is 0.317 e. The molecule has 0 amide bonds. The lowest BCUT2D eigenvalue weighted by molar-refractivity contribution is -0.153. The molecule has 1 unspecified atom stereocenters. The molecule has 1 atom stereocenters. The summed E-state index contributed by atoms with van der Waals surface area (Å²) in [6.45, 7) is 18.1. The number of rotatable bonds is 6. The van der Waals surface area contributed by atoms with Gasteiger partial charge in [-0.1, -0.05) is 60.1 Å². The molecule has 132 valence electrons. The van der Waals surface area contributed by atoms with E-state index in [1.165, 1.54) is 12.0 Å². The fraction of sp³-hybridized carbons (Fsp3) is 0.800. The average molecular weight is 322 g/mol. The fourth-order valence-electron chi connectivity index (χ4n) is 4.57. The normalized spacial score (nSPS) is 20.9. The van der Waals surface area contributed by atoms with Crippen LogP contribution in [0.5, 0.6) is 0 Å². The lowest BCUT2D eigenvalue weighted by Crippen LogP contribution is -2.26. The van der Waals surface area contributed by atoms with Gasteiger partial charge in [0.05, 0.1) is 12.3 Å². The fourth-order valence-corrected chi connectivity index (χ4v) is 4.57. The summed E-state index contributed by atoms with van der Waals surface area (Å²) in [7, 11) is 0. The average Bonchev–Trinajstić information content (AvgIpc) is 2.49. The Hall–Kier alpha value is -1.12. The van der Waals surface area contributed by atoms with E-state index in [9.17, 15) is 9.59 Å². The first-order chi connectivity index (χ1) is 10.2. The number of hydrogen-bond acceptors (Lipinski definition) is 3. The number of allylic oxidation sites excluding steroid dienone is 2. The topological polar surface area (TPSA) is 43.4 Å². The van der Waals surface area contributed by atoms with Gasteiger partial charge in [0.1, 0.15) is 0 Å². The van der Waals surface area contributed by atoms with E-state index in [4.69, 9.17) is 0 Å². The molecule has 0 N–H and O–H groups in total. The number of hydrogen-bond donors (Lipinski definition) is 0. The monoisotopic (exact) mass is 322 g/mol. The summed E-state index contributed by atoms with van der Waals surface area (Å²) in [6, 6.07) is 0. The van der Waals surface area contributed by atoms with Gasteiger partial charge in [-0.15, -0.1) is 0 Å². The van der Waals surface area contributed by atoms with Crippen LogP contribution in [0.25, 0.3) is 0 Å². The molecular weight excluding hydrogens is 288 g/mol. The third-order valence-corrected chi connectivity index (χ3v) is 4.11. The number of ether oxygens (including phenoxy) is 1. The van der Waals surface area contributed by atoms with Crippen molar-refractivity contribution < 1.29 is 14.3 Å². The number of esters is 2. The molecule has 23 heavy (non-hydrogen) atoms. The molecule has 1 heterocycles. The van der Waals surface area contributed by atoms with E-state index in [1.54, 1.807) is 0 Å². The minimum atomic E-state index is -0.390. The van der Waals surface area contributed by atoms with Gasteiger partial charge >= 0.3 is 11.9 Å². The molecule has 3 heteroatoms. The zero-order chi connectivity index (χ0) is 18.1. The highest BCUT2D eigenvalue weighted by molar-refractivity contribution is 5.94. The summed E-state index contributed by atoms with van der Waals surface area (Å²) >= 11 is 0. The van der Waals surface area contributed by atoms with Crippen LogP contribution in [0.4, 0.5) is 0 Å². The van der Waals surface area contributed by atoms with E-state index in [0.29, 0.717) is 11.8 Å². The first-order valence-corrected chi connectivity index (χ1v) is 8.62. The lowest BCUT2D eigenvalue weighted by Gasteiger charge is -2.38. The largest absolute Gasteiger partial charge is 0.393 e. The Kier molecular flexibility index (Phi) is 5.88. The predicted molar refractivity (Wildman–Crippen MR) is 93.8 cm³/mol. The zero-order valence-corrected chi connectivity index (χ0v) is 16.2. The van der Waals surface area contributed by atoms with Gasteiger partial charge in [0.15, 0.2) is 0 Å². The molecule has 1 rings (SSSR count). The highest BCUT2D eigenvalue weighted by Gasteiger charge is 2.34. The van der Waals surface area contributed by atoms with Crippen LogP contribution in [0.2, 0.25) is 0 Å². The molecule has 0 bridgehead atoms. The Morgan fingerprint density at radius 2 is 1.65 bits per heavy atom. The summed E-state index contributed by atoms with van der Waals surface area (Å²) in [5.74, 6) is -1.05. The lowest BCUT2D eigenvalue weighted by atomic mass is 9.67. The summed E-state index contributed by atoms with van der Waals surface area (Å²) in [4.78, 5) is 22.8. The van der Waals surface area contributed by atoms with Crippen LogP contribution in [0, 0.1) is 22.2 Å². The van der Waals surface area contributed by atoms with E-state index in [1.807, 2.05) is 0 Å². The van der Waals surface area contributed by atoms with Gasteiger partial charge in [0, 0.05) is 0 Å². The molecule has 0 spiro atoms. The standard InChI is InChI=1S/C20H34O3/c1-14(9-15-10-16(21)23-17(15)22)11-19(5,6)13-20(7,8)12-18(2,3)4/h11,15H,9-10,12-13H2,1-8H3. The van der Waals surface area contributed by atoms with Crippen molar-refractivity contribution in [1.29, 1.82) is 0 Å². The number of carbonyl (C=O) groups is 2. The minimum absolute atomic E-state index is 0.0609. The number of carbonyl (C=O) groups excluding carboxylic acids is 2. The van der Waals surface area contributed by atoms with E-state index in [2.05, 4.69) is 66.2 Å². The van der Waals surface area contributed by atoms with Gasteiger partial charge in [-0.3, -0.25) is 9.59 Å². The maximum atomic E-state index is 11.6. The molecule has 1 saturated heterocycles. The molecule has 1 aliphatic heterocycles. The van der Waals surface area contributed by atoms with Crippen LogP contribution in [0.1, 0.15) is 81.1 Å². The van der Waals surface area contributed by atoms with Gasteiger partial charge < -0.3 is 4.74 Å². The summed E-state index contributed by atoms with van der Waals surface area (Å²) in [6.07, 6.45) is 5.36. The van der Waals surface area contributed by atoms with Crippen LogP contribution in [-0.2, 0) is 14.3 Å². The molecule has 0 radical (unpaired) electrons. The molecule has 1 fully saturated rings. The van der Waals surface area contributed by atoms with E-state index >= 15 is 0 Å². The van der Waals surface area contributed by atoms with Gasteiger partial charge in [0.2, 0.25) is 0 Å². The highest BCUT2D eigenvalue weighted by Crippen LogP contribution is 2.43. The predicted octanol–water partition coefficient (Wildman–Crippen LogP) is 5.29. The number of cyclic esters (lactones) is 2. The summed E-state index contributed by atoms with van der Waals surface area (Å²) in [5.41, 5.74) is 1.79. The third kappa shape index (κ3) is 7.32. The van der Waals surface area contributed by atoms with Crippen LogP contribution in [0.3, 0.4) is 0 Å². The Balaban J connectivity index is 2.71. The van der Waals surface area contributed by atoms with Crippen molar-refractivity contribution in [2.75, 3.05) is 0 Å². The highest BCUT2D eigenvalue weighted by atomic mass is 16.6. The first kappa shape index (κ1) is 19.9. The van der Waals surface area contributed by atoms with Crippen molar-refractivity contribution in [1.82, 2.24) is 0 Å². The SMILES string of the molecule is CC(=CC(C)(C)CC(C)(C)CC(C)(C)C)CC1CC(=O)OC1=O. The van der Waals surface area contributed by atoms with Crippen molar-refractivity contribution in [2.45, 2.75) is 81.1 Å². The van der Waals surface area contributed by atoms with Crippen molar-refractivity contribution in [3.8, 4) is 0 Å². The maximum absolute atomic E-state index is 11.6. The molecular formula is C20H34O3. The Labute approximate surface area is 141 Å². The van der Waals surface area contributed by atoms with Crippen LogP contribution in [0.15, 0.2) is 11.6 Å². The summed E-state index contributed by atoms with van der Waals surface area (Å²) < 4.78 is 4.64. The van der Waals surface area contributed by atoms with E-state index in [-0.39, 0.29) is 29.1 Å². The minimum Gasteiger partial charge on any atom is -0.393 e. The molecule has 0 saturated carbocycles. The Morgan fingerprint density at radius 1 is 1.09 bits per heavy atom. The summed E-state index contributed by atoms with van der Waals surface area (Å²) in [5, 5.41) is 0. The van der Waals surface area contributed by atoms with Crippen molar-refractivity contribution in [3.05, 3.63) is 11.6 Å². The Bertz CT molecular complexity index is 490. The first-order valence-electron chi connectivity index (χ1n) is 8.62. The van der Waals surface area contributed by atoms with Gasteiger partial charge in [-0.2, -0.15) is 0 Å². The smallest absolute Gasteiger partial charge is 0.317 e. The second-order valence-electron chi connectivity index (χ2n) is 9.96. The van der Waals surface area contributed by atoms with Crippen LogP contribution < -0.4 is 0 Å². The van der Waals surface area contributed by atoms with Crippen molar-refractivity contribution in [3.63, 3.8) is 0 Å². The van der Waals surface area contributed by atoms with Gasteiger partial charge in [0.25, 0.3) is 0 Å². The zero-order valence-electron chi connectivity index (χ0n) is 16.2.